The van der Waals surface area contributed by atoms with Crippen molar-refractivity contribution in [3.8, 4) is 11.8 Å². The van der Waals surface area contributed by atoms with Gasteiger partial charge in [-0.2, -0.15) is 5.10 Å². The van der Waals surface area contributed by atoms with Crippen molar-refractivity contribution in [3.63, 3.8) is 0 Å². The van der Waals surface area contributed by atoms with Crippen LogP contribution in [0.3, 0.4) is 0 Å². The second-order valence-corrected chi connectivity index (χ2v) is 6.04. The number of aliphatic hydroxyl groups is 1. The molecule has 2 rings (SSSR count). The van der Waals surface area contributed by atoms with E-state index in [1.807, 2.05) is 12.2 Å². The lowest BCUT2D eigenvalue weighted by Gasteiger charge is -2.19. The molecule has 0 aromatic carbocycles. The molecule has 0 saturated heterocycles. The van der Waals surface area contributed by atoms with E-state index in [4.69, 9.17) is 5.14 Å². The predicted octanol–water partition coefficient (Wildman–Crippen LogP) is 1.85. The number of hydrogen-bond acceptors (Lipinski definition) is 3. The van der Waals surface area contributed by atoms with E-state index in [1.54, 1.807) is 30.7 Å². The van der Waals surface area contributed by atoms with Crippen LogP contribution in [0.5, 0.6) is 0 Å². The van der Waals surface area contributed by atoms with Gasteiger partial charge in [-0.25, -0.2) is 4.68 Å². The van der Waals surface area contributed by atoms with Crippen molar-refractivity contribution in [1.29, 1.82) is 0 Å². The van der Waals surface area contributed by atoms with Gasteiger partial charge in [0.2, 0.25) is 0 Å². The Balaban J connectivity index is 2.59. The molecule has 1 atom stereocenters. The van der Waals surface area contributed by atoms with E-state index in [2.05, 4.69) is 22.8 Å². The Morgan fingerprint density at radius 1 is 1.58 bits per heavy atom. The zero-order valence-electron chi connectivity index (χ0n) is 11.1. The van der Waals surface area contributed by atoms with Gasteiger partial charge >= 0.3 is 0 Å². The summed E-state index contributed by atoms with van der Waals surface area (Å²) in [5.41, 5.74) is 0.478. The van der Waals surface area contributed by atoms with E-state index < -0.39 is 16.3 Å². The lowest BCUT2D eigenvalue weighted by molar-refractivity contribution is 0.0714. The Hall–Kier alpha value is -1.61. The van der Waals surface area contributed by atoms with Gasteiger partial charge in [0.25, 0.3) is 0 Å². The van der Waals surface area contributed by atoms with Crippen LogP contribution < -0.4 is 5.14 Å². The molecular weight excluding hydrogens is 258 g/mol. The highest BCUT2D eigenvalue weighted by Crippen LogP contribution is 2.28. The summed E-state index contributed by atoms with van der Waals surface area (Å²) < 4.78 is 1.68. The number of aromatic nitrogens is 2. The van der Waals surface area contributed by atoms with Crippen molar-refractivity contribution in [2.75, 3.05) is 0 Å². The molecule has 1 aliphatic rings. The molecular formula is C14H17N3OS. The lowest BCUT2D eigenvalue weighted by atomic mass is 10.1. The summed E-state index contributed by atoms with van der Waals surface area (Å²) in [6, 6.07) is 1.79. The van der Waals surface area contributed by atoms with Crippen molar-refractivity contribution < 1.29 is 5.11 Å². The molecule has 0 spiro atoms. The summed E-state index contributed by atoms with van der Waals surface area (Å²) >= 11 is 0. The fourth-order valence-corrected chi connectivity index (χ4v) is 2.17. The van der Waals surface area contributed by atoms with Crippen molar-refractivity contribution in [2.24, 2.45) is 5.14 Å². The third-order valence-corrected chi connectivity index (χ3v) is 3.39. The molecule has 1 heterocycles. The van der Waals surface area contributed by atoms with Crippen molar-refractivity contribution >= 4 is 22.2 Å². The summed E-state index contributed by atoms with van der Waals surface area (Å²) in [4.78, 5) is 0. The summed E-state index contributed by atoms with van der Waals surface area (Å²) in [7, 11) is -0.692. The number of hydrogen-bond donors (Lipinski definition) is 2. The van der Waals surface area contributed by atoms with Crippen molar-refractivity contribution in [3.05, 3.63) is 30.0 Å². The molecule has 3 N–H and O–H groups in total. The van der Waals surface area contributed by atoms with Crippen LogP contribution in [0.1, 0.15) is 26.0 Å². The number of rotatable bonds is 3. The Labute approximate surface area is 115 Å². The minimum absolute atomic E-state index is 0.670. The average molecular weight is 275 g/mol. The number of nitrogens with two attached hydrogens (primary N) is 1. The largest absolute Gasteiger partial charge is 0.384 e. The van der Waals surface area contributed by atoms with E-state index in [1.165, 1.54) is 0 Å². The molecule has 0 bridgehead atoms. The zero-order valence-corrected chi connectivity index (χ0v) is 11.9. The first kappa shape index (κ1) is 13.8. The fourth-order valence-electron chi connectivity index (χ4n) is 1.72. The van der Waals surface area contributed by atoms with Crippen LogP contribution >= 0.6 is 10.7 Å². The minimum atomic E-state index is -1.01. The summed E-state index contributed by atoms with van der Waals surface area (Å²) in [6.45, 7) is 3.43. The van der Waals surface area contributed by atoms with Gasteiger partial charge in [-0.05, 0) is 26.0 Å². The first-order chi connectivity index (χ1) is 8.89. The van der Waals surface area contributed by atoms with E-state index in [-0.39, 0.29) is 0 Å². The van der Waals surface area contributed by atoms with Crippen molar-refractivity contribution in [1.82, 2.24) is 9.78 Å². The average Bonchev–Trinajstić information content (AvgIpc) is 2.60. The fraction of sp³-hybridized carbons (Fsp3) is 0.286. The molecule has 1 unspecified atom stereocenters. The Morgan fingerprint density at radius 2 is 2.32 bits per heavy atom. The van der Waals surface area contributed by atoms with Crippen LogP contribution in [-0.2, 0) is 5.60 Å². The van der Waals surface area contributed by atoms with Gasteiger partial charge in [0.05, 0.1) is 11.4 Å². The lowest BCUT2D eigenvalue weighted by Crippen LogP contribution is -2.20. The first-order valence-electron chi connectivity index (χ1n) is 5.86. The van der Waals surface area contributed by atoms with E-state index in [0.29, 0.717) is 17.1 Å². The molecule has 1 aromatic rings. The van der Waals surface area contributed by atoms with Gasteiger partial charge in [-0.3, -0.25) is 5.14 Å². The molecule has 0 saturated carbocycles. The number of nitrogens with zero attached hydrogens (tertiary/aromatic N) is 2. The van der Waals surface area contributed by atoms with E-state index >= 15 is 0 Å². The van der Waals surface area contributed by atoms with E-state index in [0.717, 1.165) is 5.70 Å². The highest BCUT2D eigenvalue weighted by atomic mass is 32.2. The maximum absolute atomic E-state index is 10.3. The topological polar surface area (TPSA) is 64.1 Å². The molecule has 0 amide bonds. The molecule has 0 radical (unpaired) electrons. The van der Waals surface area contributed by atoms with Gasteiger partial charge in [-0.15, -0.1) is 0 Å². The third-order valence-electron chi connectivity index (χ3n) is 2.66. The van der Waals surface area contributed by atoms with Gasteiger partial charge in [0.1, 0.15) is 10.6 Å². The third kappa shape index (κ3) is 3.04. The van der Waals surface area contributed by atoms with Gasteiger partial charge in [0, 0.05) is 12.5 Å². The summed E-state index contributed by atoms with van der Waals surface area (Å²) in [5.74, 6) is 9.73. The first-order valence-corrected chi connectivity index (χ1v) is 7.32. The maximum atomic E-state index is 10.3. The Morgan fingerprint density at radius 3 is 2.95 bits per heavy atom. The van der Waals surface area contributed by atoms with Crippen LogP contribution in [0, 0.1) is 11.8 Å². The SMILES string of the molecule is C=S(N)c1cc(C(C)(C)O)n(C2=CC#CCC=C2)n1. The Kier molecular flexibility index (Phi) is 3.76. The molecule has 4 nitrogen and oxygen atoms in total. The quantitative estimate of drug-likeness (QED) is 0.653. The molecule has 5 heteroatoms. The van der Waals surface area contributed by atoms with Gasteiger partial charge in [-0.1, -0.05) is 34.5 Å². The zero-order chi connectivity index (χ0) is 14.0. The smallest absolute Gasteiger partial charge is 0.126 e. The molecule has 0 fully saturated rings. The Bertz CT molecular complexity index is 636. The highest BCUT2D eigenvalue weighted by Gasteiger charge is 2.24. The molecule has 19 heavy (non-hydrogen) atoms. The normalized spacial score (nSPS) is 16.3. The summed E-state index contributed by atoms with van der Waals surface area (Å²) in [5, 5.41) is 21.2. The van der Waals surface area contributed by atoms with Crippen LogP contribution in [-0.4, -0.2) is 20.8 Å². The van der Waals surface area contributed by atoms with Gasteiger partial charge in [0.15, 0.2) is 0 Å². The molecule has 1 aliphatic carbocycles. The predicted molar refractivity (Wildman–Crippen MR) is 80.4 cm³/mol. The van der Waals surface area contributed by atoms with Crippen LogP contribution in [0.15, 0.2) is 29.3 Å². The highest BCUT2D eigenvalue weighted by molar-refractivity contribution is 8.12. The number of allylic oxidation sites excluding steroid dienone is 4. The van der Waals surface area contributed by atoms with Crippen LogP contribution in [0.2, 0.25) is 0 Å². The van der Waals surface area contributed by atoms with E-state index in [9.17, 15) is 5.11 Å². The van der Waals surface area contributed by atoms with Crippen molar-refractivity contribution in [2.45, 2.75) is 30.9 Å². The second-order valence-electron chi connectivity index (χ2n) is 4.76. The second kappa shape index (κ2) is 5.17. The van der Waals surface area contributed by atoms with Crippen LogP contribution in [0.4, 0.5) is 0 Å². The van der Waals surface area contributed by atoms with Gasteiger partial charge < -0.3 is 5.11 Å². The van der Waals surface area contributed by atoms with Crippen LogP contribution in [0.25, 0.3) is 5.70 Å². The molecule has 100 valence electrons. The molecule has 0 aliphatic heterocycles. The monoisotopic (exact) mass is 275 g/mol. The standard InChI is InChI=1S/C14H17N3OS/c1-14(2,18)12-10-13(19(3)15)16-17(12)11-8-6-4-5-7-9-11/h6,8-10,18H,3-4,15H2,1-2H3. The molecule has 1 aromatic heterocycles. The minimum Gasteiger partial charge on any atom is -0.384 e. The maximum Gasteiger partial charge on any atom is 0.126 e. The summed E-state index contributed by atoms with van der Waals surface area (Å²) in [6.07, 6.45) is 6.39.